The van der Waals surface area contributed by atoms with Crippen LogP contribution in [0.3, 0.4) is 0 Å². The fourth-order valence-corrected chi connectivity index (χ4v) is 3.73. The van der Waals surface area contributed by atoms with Gasteiger partial charge in [0.1, 0.15) is 0 Å². The molecule has 1 N–H and O–H groups in total. The number of hydrogen-bond acceptors (Lipinski definition) is 6. The molecule has 2 aromatic carbocycles. The van der Waals surface area contributed by atoms with Gasteiger partial charge in [-0.25, -0.2) is 9.78 Å². The Bertz CT molecular complexity index is 1110. The maximum Gasteiger partial charge on any atom is 0.337 e. The van der Waals surface area contributed by atoms with Gasteiger partial charge >= 0.3 is 5.97 Å². The molecule has 0 bridgehead atoms. The Balaban J connectivity index is 1.73. The predicted molar refractivity (Wildman–Crippen MR) is 118 cm³/mol. The normalized spacial score (nSPS) is 10.7. The minimum absolute atomic E-state index is 0.0876. The molecule has 1 aromatic heterocycles. The van der Waals surface area contributed by atoms with E-state index in [0.29, 0.717) is 33.9 Å². The van der Waals surface area contributed by atoms with Gasteiger partial charge in [0.05, 0.1) is 29.3 Å². The van der Waals surface area contributed by atoms with Gasteiger partial charge in [0.25, 0.3) is 5.56 Å². The average Bonchev–Trinajstić information content (AvgIpc) is 2.77. The number of benzene rings is 2. The van der Waals surface area contributed by atoms with Crippen molar-refractivity contribution in [3.05, 3.63) is 64.4 Å². The number of ether oxygens (including phenoxy) is 1. The third kappa shape index (κ3) is 5.07. The van der Waals surface area contributed by atoms with Crippen LogP contribution in [0.4, 0.5) is 5.69 Å². The number of carbonyl (C=O) groups excluding carboxylic acids is 2. The van der Waals surface area contributed by atoms with E-state index in [2.05, 4.69) is 22.0 Å². The molecule has 0 saturated heterocycles. The summed E-state index contributed by atoms with van der Waals surface area (Å²) in [4.78, 5) is 41.4. The van der Waals surface area contributed by atoms with Crippen molar-refractivity contribution in [3.8, 4) is 0 Å². The number of hydrogen-bond donors (Lipinski definition) is 1. The molecule has 1 amide bonds. The number of nitrogens with zero attached hydrogens (tertiary/aromatic N) is 2. The first-order valence-corrected chi connectivity index (χ1v) is 10.6. The molecule has 3 aromatic rings. The summed E-state index contributed by atoms with van der Waals surface area (Å²) in [5.41, 5.74) is 1.51. The van der Waals surface area contributed by atoms with Crippen LogP contribution in [0, 0.1) is 0 Å². The van der Waals surface area contributed by atoms with Crippen molar-refractivity contribution >= 4 is 40.2 Å². The Hall–Kier alpha value is -3.13. The van der Waals surface area contributed by atoms with Crippen molar-refractivity contribution in [2.24, 2.45) is 0 Å². The first-order chi connectivity index (χ1) is 14.5. The lowest BCUT2D eigenvalue weighted by atomic mass is 10.2. The van der Waals surface area contributed by atoms with Crippen LogP contribution in [0.25, 0.3) is 10.9 Å². The number of amides is 1. The summed E-state index contributed by atoms with van der Waals surface area (Å²) in [7, 11) is 1.32. The van der Waals surface area contributed by atoms with Gasteiger partial charge in [0.2, 0.25) is 5.91 Å². The van der Waals surface area contributed by atoms with E-state index in [0.717, 1.165) is 12.8 Å². The summed E-state index contributed by atoms with van der Waals surface area (Å²) in [6.45, 7) is 2.62. The second-order valence-corrected chi connectivity index (χ2v) is 7.57. The maximum absolute atomic E-state index is 12.9. The lowest BCUT2D eigenvalue weighted by Gasteiger charge is -2.13. The van der Waals surface area contributed by atoms with E-state index in [1.807, 2.05) is 12.1 Å². The highest BCUT2D eigenvalue weighted by Gasteiger charge is 2.13. The summed E-state index contributed by atoms with van der Waals surface area (Å²) < 4.78 is 6.31. The Morgan fingerprint density at radius 1 is 1.13 bits per heavy atom. The van der Waals surface area contributed by atoms with Gasteiger partial charge in [-0.2, -0.15) is 0 Å². The lowest BCUT2D eigenvalue weighted by molar-refractivity contribution is -0.113. The Morgan fingerprint density at radius 2 is 1.87 bits per heavy atom. The molecule has 0 aliphatic heterocycles. The average molecular weight is 426 g/mol. The van der Waals surface area contributed by atoms with E-state index in [-0.39, 0.29) is 17.2 Å². The molecule has 0 fully saturated rings. The second-order valence-electron chi connectivity index (χ2n) is 6.63. The van der Waals surface area contributed by atoms with Crippen molar-refractivity contribution in [1.82, 2.24) is 9.55 Å². The maximum atomic E-state index is 12.9. The number of esters is 1. The largest absolute Gasteiger partial charge is 0.465 e. The molecule has 3 rings (SSSR count). The zero-order chi connectivity index (χ0) is 21.5. The van der Waals surface area contributed by atoms with Gasteiger partial charge in [-0.3, -0.25) is 14.2 Å². The number of anilines is 1. The molecular formula is C22H23N3O4S. The number of nitrogens with one attached hydrogen (secondary N) is 1. The van der Waals surface area contributed by atoms with Gasteiger partial charge in [-0.05, 0) is 42.8 Å². The predicted octanol–water partition coefficient (Wildman–Crippen LogP) is 3.71. The van der Waals surface area contributed by atoms with Crippen LogP contribution in [0.1, 0.15) is 30.1 Å². The van der Waals surface area contributed by atoms with Gasteiger partial charge < -0.3 is 10.1 Å². The number of aromatic nitrogens is 2. The van der Waals surface area contributed by atoms with Crippen molar-refractivity contribution in [2.75, 3.05) is 18.2 Å². The molecule has 156 valence electrons. The van der Waals surface area contributed by atoms with Crippen LogP contribution in [0.15, 0.2) is 58.5 Å². The molecule has 0 radical (unpaired) electrons. The summed E-state index contributed by atoms with van der Waals surface area (Å²) in [6, 6.07) is 13.7. The van der Waals surface area contributed by atoms with Crippen LogP contribution < -0.4 is 10.9 Å². The highest BCUT2D eigenvalue weighted by atomic mass is 32.2. The summed E-state index contributed by atoms with van der Waals surface area (Å²) in [6.07, 6.45) is 1.80. The summed E-state index contributed by atoms with van der Waals surface area (Å²) in [5, 5.41) is 3.89. The fourth-order valence-electron chi connectivity index (χ4n) is 2.91. The number of para-hydroxylation sites is 1. The van der Waals surface area contributed by atoms with Crippen LogP contribution >= 0.6 is 11.8 Å². The minimum atomic E-state index is -0.434. The molecule has 1 heterocycles. The zero-order valence-electron chi connectivity index (χ0n) is 16.9. The van der Waals surface area contributed by atoms with Crippen molar-refractivity contribution in [3.63, 3.8) is 0 Å². The van der Waals surface area contributed by atoms with Gasteiger partial charge in [-0.1, -0.05) is 37.2 Å². The smallest absolute Gasteiger partial charge is 0.337 e. The SMILES string of the molecule is CCCCn1c(SCC(=O)Nc2ccc(C(=O)OC)cc2)nc2ccccc2c1=O. The quantitative estimate of drug-likeness (QED) is 0.336. The third-order valence-corrected chi connectivity index (χ3v) is 5.46. The third-order valence-electron chi connectivity index (χ3n) is 4.48. The Labute approximate surface area is 178 Å². The first kappa shape index (κ1) is 21.6. The molecule has 7 nitrogen and oxygen atoms in total. The molecule has 0 aliphatic carbocycles. The van der Waals surface area contributed by atoms with Crippen LogP contribution in [0.2, 0.25) is 0 Å². The molecule has 30 heavy (non-hydrogen) atoms. The van der Waals surface area contributed by atoms with Crippen molar-refractivity contribution < 1.29 is 14.3 Å². The van der Waals surface area contributed by atoms with E-state index in [1.54, 1.807) is 41.0 Å². The van der Waals surface area contributed by atoms with Gasteiger partial charge in [-0.15, -0.1) is 0 Å². The highest BCUT2D eigenvalue weighted by Crippen LogP contribution is 2.19. The Kier molecular flexibility index (Phi) is 7.24. The number of rotatable bonds is 8. The summed E-state index contributed by atoms with van der Waals surface area (Å²) >= 11 is 1.23. The number of thioether (sulfide) groups is 1. The van der Waals surface area contributed by atoms with E-state index < -0.39 is 5.97 Å². The molecule has 0 saturated carbocycles. The fraction of sp³-hybridized carbons (Fsp3) is 0.273. The lowest BCUT2D eigenvalue weighted by Crippen LogP contribution is -2.24. The van der Waals surface area contributed by atoms with E-state index >= 15 is 0 Å². The van der Waals surface area contributed by atoms with Crippen molar-refractivity contribution in [2.45, 2.75) is 31.5 Å². The minimum Gasteiger partial charge on any atom is -0.465 e. The van der Waals surface area contributed by atoms with E-state index in [1.165, 1.54) is 18.9 Å². The topological polar surface area (TPSA) is 90.3 Å². The van der Waals surface area contributed by atoms with E-state index in [9.17, 15) is 14.4 Å². The monoisotopic (exact) mass is 425 g/mol. The van der Waals surface area contributed by atoms with Gasteiger partial charge in [0.15, 0.2) is 5.16 Å². The number of fused-ring (bicyclic) bond motifs is 1. The molecule has 0 aliphatic rings. The molecule has 8 heteroatoms. The van der Waals surface area contributed by atoms with Crippen LogP contribution in [0.5, 0.6) is 0 Å². The summed E-state index contributed by atoms with van der Waals surface area (Å²) in [5.74, 6) is -0.554. The number of carbonyl (C=O) groups is 2. The zero-order valence-corrected chi connectivity index (χ0v) is 17.7. The first-order valence-electron chi connectivity index (χ1n) is 9.64. The number of methoxy groups -OCH3 is 1. The van der Waals surface area contributed by atoms with Crippen LogP contribution in [-0.4, -0.2) is 34.3 Å². The molecular weight excluding hydrogens is 402 g/mol. The van der Waals surface area contributed by atoms with Gasteiger partial charge in [0, 0.05) is 12.2 Å². The van der Waals surface area contributed by atoms with E-state index in [4.69, 9.17) is 0 Å². The second kappa shape index (κ2) is 10.1. The standard InChI is InChI=1S/C22H23N3O4S/c1-3-4-13-25-20(27)17-7-5-6-8-18(17)24-22(25)30-14-19(26)23-16-11-9-15(10-12-16)21(28)29-2/h5-12H,3-4,13-14H2,1-2H3,(H,23,26). The molecule has 0 atom stereocenters. The number of unbranched alkanes of at least 4 members (excludes halogenated alkanes) is 1. The highest BCUT2D eigenvalue weighted by molar-refractivity contribution is 7.99. The Morgan fingerprint density at radius 3 is 2.57 bits per heavy atom. The molecule has 0 spiro atoms. The molecule has 0 unspecified atom stereocenters. The van der Waals surface area contributed by atoms with Crippen molar-refractivity contribution in [1.29, 1.82) is 0 Å². The van der Waals surface area contributed by atoms with Crippen LogP contribution in [-0.2, 0) is 16.1 Å².